The fraction of sp³-hybridized carbons (Fsp3) is 0.0870. The highest BCUT2D eigenvalue weighted by Gasteiger charge is 2.10. The van der Waals surface area contributed by atoms with E-state index in [4.69, 9.17) is 21.1 Å². The highest BCUT2D eigenvalue weighted by Crippen LogP contribution is 2.33. The van der Waals surface area contributed by atoms with Gasteiger partial charge in [0.25, 0.3) is 5.56 Å². The van der Waals surface area contributed by atoms with Crippen molar-refractivity contribution in [1.29, 1.82) is 0 Å². The minimum Gasteiger partial charge on any atom is -0.493 e. The molecule has 1 N–H and O–H groups in total. The Bertz CT molecular complexity index is 1390. The van der Waals surface area contributed by atoms with Crippen molar-refractivity contribution in [3.05, 3.63) is 86.1 Å². The first kappa shape index (κ1) is 18.9. The fourth-order valence-electron chi connectivity index (χ4n) is 3.28. The van der Waals surface area contributed by atoms with E-state index in [0.29, 0.717) is 32.7 Å². The van der Waals surface area contributed by atoms with Gasteiger partial charge in [-0.15, -0.1) is 0 Å². The van der Waals surface area contributed by atoms with E-state index in [1.165, 1.54) is 4.68 Å². The largest absolute Gasteiger partial charge is 0.493 e. The monoisotopic (exact) mass is 406 g/mol. The summed E-state index contributed by atoms with van der Waals surface area (Å²) in [6.07, 6.45) is 1.70. The van der Waals surface area contributed by atoms with Crippen LogP contribution in [0, 0.1) is 0 Å². The second-order valence-electron chi connectivity index (χ2n) is 6.55. The molecule has 0 aliphatic heterocycles. The molecular weight excluding hydrogens is 388 g/mol. The van der Waals surface area contributed by atoms with Gasteiger partial charge in [-0.1, -0.05) is 48.5 Å². The Hall–Kier alpha value is -3.44. The fourth-order valence-corrected chi connectivity index (χ4v) is 3.49. The van der Waals surface area contributed by atoms with Gasteiger partial charge in [-0.2, -0.15) is 0 Å². The number of H-pyrrole nitrogens is 1. The van der Waals surface area contributed by atoms with E-state index >= 15 is 0 Å². The number of nitrogens with one attached hydrogen (secondary N) is 1. The molecule has 0 spiro atoms. The smallest absolute Gasteiger partial charge is 0.279 e. The summed E-state index contributed by atoms with van der Waals surface area (Å²) in [5.41, 5.74) is 1.16. The summed E-state index contributed by atoms with van der Waals surface area (Å²) >= 11 is 6.37. The van der Waals surface area contributed by atoms with Gasteiger partial charge >= 0.3 is 0 Å². The lowest BCUT2D eigenvalue weighted by atomic mass is 10.1. The summed E-state index contributed by atoms with van der Waals surface area (Å²) in [6.45, 7) is 3.99. The van der Waals surface area contributed by atoms with Crippen molar-refractivity contribution in [3.63, 3.8) is 0 Å². The zero-order chi connectivity index (χ0) is 20.5. The molecule has 5 nitrogen and oxygen atoms in total. The van der Waals surface area contributed by atoms with Crippen molar-refractivity contribution in [2.75, 3.05) is 14.2 Å². The van der Waals surface area contributed by atoms with E-state index in [1.54, 1.807) is 32.4 Å². The number of rotatable bonds is 4. The third kappa shape index (κ3) is 3.41. The maximum Gasteiger partial charge on any atom is 0.279 e. The maximum absolute atomic E-state index is 13.1. The Kier molecular flexibility index (Phi) is 4.91. The summed E-state index contributed by atoms with van der Waals surface area (Å²) < 4.78 is 12.1. The minimum atomic E-state index is -0.212. The zero-order valence-corrected chi connectivity index (χ0v) is 16.8. The van der Waals surface area contributed by atoms with E-state index in [0.717, 1.165) is 16.5 Å². The lowest BCUT2D eigenvalue weighted by molar-refractivity contribution is 0.355. The molecule has 6 heteroatoms. The molecule has 0 fully saturated rings. The van der Waals surface area contributed by atoms with Gasteiger partial charge in [0.15, 0.2) is 11.5 Å². The predicted octanol–water partition coefficient (Wildman–Crippen LogP) is 3.23. The van der Waals surface area contributed by atoms with Gasteiger partial charge < -0.3 is 9.47 Å². The molecule has 0 saturated carbocycles. The number of hydrogen-bond donors (Lipinski definition) is 1. The quantitative estimate of drug-likeness (QED) is 0.566. The molecule has 146 valence electrons. The molecule has 0 aliphatic carbocycles. The number of nitrogens with zero attached hydrogens (tertiary/aromatic N) is 1. The standard InChI is InChI=1S/C23H19ClN2O3/c1-14-19(11-17-12-21(28-2)22(29-3)13-20(17)24)23(27)26(25-14)18-9-8-15-6-4-5-7-16(15)10-18/h4-13,25H,1H2,2-3H3/b19-11+. The topological polar surface area (TPSA) is 56.2 Å². The number of aromatic amines is 1. The average molecular weight is 407 g/mol. The van der Waals surface area contributed by atoms with Crippen LogP contribution < -0.4 is 25.6 Å². The van der Waals surface area contributed by atoms with Gasteiger partial charge in [0.05, 0.1) is 35.5 Å². The molecule has 3 aromatic carbocycles. The molecule has 0 radical (unpaired) electrons. The van der Waals surface area contributed by atoms with Crippen molar-refractivity contribution < 1.29 is 9.47 Å². The SMILES string of the molecule is C=c1[nH]n(-c2ccc3ccccc3c2)c(=O)/c1=C/c1cc(OC)c(OC)cc1Cl. The first-order chi connectivity index (χ1) is 14.0. The first-order valence-electron chi connectivity index (χ1n) is 8.94. The highest BCUT2D eigenvalue weighted by atomic mass is 35.5. The molecule has 0 atom stereocenters. The molecule has 0 unspecified atom stereocenters. The molecule has 4 aromatic rings. The molecule has 1 aromatic heterocycles. The number of fused-ring (bicyclic) bond motifs is 1. The normalized spacial score (nSPS) is 11.8. The van der Waals surface area contributed by atoms with Crippen LogP contribution in [0.3, 0.4) is 0 Å². The van der Waals surface area contributed by atoms with Crippen LogP contribution in [0.5, 0.6) is 11.5 Å². The minimum absolute atomic E-state index is 0.212. The summed E-state index contributed by atoms with van der Waals surface area (Å²) in [4.78, 5) is 13.1. The Morgan fingerprint density at radius 1 is 1.00 bits per heavy atom. The van der Waals surface area contributed by atoms with Gasteiger partial charge in [-0.3, -0.25) is 9.89 Å². The Morgan fingerprint density at radius 2 is 1.69 bits per heavy atom. The van der Waals surface area contributed by atoms with Crippen molar-refractivity contribution in [2.24, 2.45) is 0 Å². The molecule has 1 heterocycles. The van der Waals surface area contributed by atoms with Crippen molar-refractivity contribution >= 4 is 35.0 Å². The first-order valence-corrected chi connectivity index (χ1v) is 9.32. The predicted molar refractivity (Wildman–Crippen MR) is 117 cm³/mol. The zero-order valence-electron chi connectivity index (χ0n) is 16.0. The Labute approximate surface area is 172 Å². The van der Waals surface area contributed by atoms with Gasteiger partial charge in [-0.25, -0.2) is 4.68 Å². The van der Waals surface area contributed by atoms with Crippen LogP contribution in [-0.4, -0.2) is 24.0 Å². The lowest BCUT2D eigenvalue weighted by Gasteiger charge is -2.09. The van der Waals surface area contributed by atoms with Gasteiger partial charge in [0, 0.05) is 6.07 Å². The van der Waals surface area contributed by atoms with E-state index in [9.17, 15) is 4.79 Å². The van der Waals surface area contributed by atoms with Crippen LogP contribution in [0.25, 0.3) is 29.1 Å². The van der Waals surface area contributed by atoms with E-state index in [-0.39, 0.29) is 5.56 Å². The number of benzene rings is 3. The number of aromatic nitrogens is 2. The summed E-state index contributed by atoms with van der Waals surface area (Å²) in [5.74, 6) is 1.05. The summed E-state index contributed by atoms with van der Waals surface area (Å²) in [5, 5.41) is 6.56. The number of halogens is 1. The Morgan fingerprint density at radius 3 is 2.41 bits per heavy atom. The van der Waals surface area contributed by atoms with Crippen molar-refractivity contribution in [2.45, 2.75) is 0 Å². The average Bonchev–Trinajstić information content (AvgIpc) is 3.02. The lowest BCUT2D eigenvalue weighted by Crippen LogP contribution is -2.34. The number of ether oxygens (including phenoxy) is 2. The number of methoxy groups -OCH3 is 2. The van der Waals surface area contributed by atoms with Crippen molar-refractivity contribution in [3.8, 4) is 17.2 Å². The molecule has 29 heavy (non-hydrogen) atoms. The van der Waals surface area contributed by atoms with Crippen LogP contribution in [0.15, 0.2) is 59.4 Å². The Balaban J connectivity index is 1.88. The molecule has 0 bridgehead atoms. The van der Waals surface area contributed by atoms with E-state index < -0.39 is 0 Å². The van der Waals surface area contributed by atoms with E-state index in [2.05, 4.69) is 11.7 Å². The van der Waals surface area contributed by atoms with Crippen LogP contribution in [0.2, 0.25) is 5.02 Å². The molecule has 0 aliphatic rings. The van der Waals surface area contributed by atoms with Crippen molar-refractivity contribution in [1.82, 2.24) is 9.78 Å². The van der Waals surface area contributed by atoms with Gasteiger partial charge in [-0.05, 0) is 40.6 Å². The van der Waals surface area contributed by atoms with Crippen LogP contribution >= 0.6 is 11.6 Å². The van der Waals surface area contributed by atoms with Crippen LogP contribution in [-0.2, 0) is 0 Å². The highest BCUT2D eigenvalue weighted by molar-refractivity contribution is 6.32. The van der Waals surface area contributed by atoms with Gasteiger partial charge in [0.1, 0.15) is 0 Å². The second-order valence-corrected chi connectivity index (χ2v) is 6.96. The van der Waals surface area contributed by atoms with E-state index in [1.807, 2.05) is 42.5 Å². The third-order valence-corrected chi connectivity index (χ3v) is 5.13. The summed E-state index contributed by atoms with van der Waals surface area (Å²) in [6, 6.07) is 17.2. The third-order valence-electron chi connectivity index (χ3n) is 4.80. The maximum atomic E-state index is 13.1. The van der Waals surface area contributed by atoms with Gasteiger partial charge in [0.2, 0.25) is 0 Å². The molecule has 0 saturated heterocycles. The molecule has 0 amide bonds. The summed E-state index contributed by atoms with van der Waals surface area (Å²) in [7, 11) is 3.09. The second kappa shape index (κ2) is 7.53. The van der Waals surface area contributed by atoms with Crippen LogP contribution in [0.1, 0.15) is 5.56 Å². The molecular formula is C23H19ClN2O3. The van der Waals surface area contributed by atoms with Crippen LogP contribution in [0.4, 0.5) is 0 Å². The molecule has 4 rings (SSSR count). The number of hydrogen-bond acceptors (Lipinski definition) is 3.